The highest BCUT2D eigenvalue weighted by Gasteiger charge is 2.11. The molecule has 0 aliphatic carbocycles. The van der Waals surface area contributed by atoms with Crippen LogP contribution in [-0.4, -0.2) is 44.1 Å². The molecule has 2 aromatic rings. The van der Waals surface area contributed by atoms with E-state index in [1.807, 2.05) is 18.2 Å². The average Bonchev–Trinajstić information content (AvgIpc) is 3.15. The summed E-state index contributed by atoms with van der Waals surface area (Å²) in [5.41, 5.74) is 0. The Labute approximate surface area is 155 Å². The van der Waals surface area contributed by atoms with Crippen LogP contribution < -0.4 is 14.8 Å². The third-order valence-electron chi connectivity index (χ3n) is 4.14. The maximum atomic E-state index is 12.1. The molecule has 1 amide bonds. The fourth-order valence-electron chi connectivity index (χ4n) is 2.55. The van der Waals surface area contributed by atoms with Crippen LogP contribution in [-0.2, 0) is 6.61 Å². The lowest BCUT2D eigenvalue weighted by Crippen LogP contribution is -2.29. The first-order chi connectivity index (χ1) is 12.7. The number of amides is 1. The normalized spacial score (nSPS) is 10.8. The highest BCUT2D eigenvalue weighted by molar-refractivity contribution is 5.91. The van der Waals surface area contributed by atoms with Crippen molar-refractivity contribution in [3.05, 3.63) is 47.9 Å². The second-order valence-corrected chi connectivity index (χ2v) is 5.87. The van der Waals surface area contributed by atoms with E-state index in [-0.39, 0.29) is 12.5 Å². The van der Waals surface area contributed by atoms with Crippen molar-refractivity contribution in [1.29, 1.82) is 0 Å². The minimum absolute atomic E-state index is 0.197. The number of hydrogen-bond acceptors (Lipinski definition) is 5. The van der Waals surface area contributed by atoms with Gasteiger partial charge in [-0.3, -0.25) is 4.79 Å². The monoisotopic (exact) mass is 360 g/mol. The molecule has 6 heteroatoms. The van der Waals surface area contributed by atoms with Crippen LogP contribution in [0.3, 0.4) is 0 Å². The van der Waals surface area contributed by atoms with Gasteiger partial charge in [0.05, 0.1) is 7.11 Å². The maximum Gasteiger partial charge on any atom is 0.286 e. The number of nitrogens with zero attached hydrogens (tertiary/aromatic N) is 1. The van der Waals surface area contributed by atoms with Crippen LogP contribution in [0.1, 0.15) is 36.6 Å². The molecule has 1 aromatic heterocycles. The van der Waals surface area contributed by atoms with Gasteiger partial charge in [-0.2, -0.15) is 0 Å². The van der Waals surface area contributed by atoms with Gasteiger partial charge in [-0.05, 0) is 50.3 Å². The number of methoxy groups -OCH3 is 1. The van der Waals surface area contributed by atoms with Crippen molar-refractivity contribution in [2.45, 2.75) is 26.9 Å². The van der Waals surface area contributed by atoms with Gasteiger partial charge in [0.1, 0.15) is 23.9 Å². The van der Waals surface area contributed by atoms with Gasteiger partial charge in [0.15, 0.2) is 5.76 Å². The van der Waals surface area contributed by atoms with Gasteiger partial charge in [-0.25, -0.2) is 0 Å². The molecule has 0 saturated carbocycles. The van der Waals surface area contributed by atoms with Crippen molar-refractivity contribution in [2.24, 2.45) is 0 Å². The zero-order chi connectivity index (χ0) is 18.8. The van der Waals surface area contributed by atoms with Crippen molar-refractivity contribution >= 4 is 5.91 Å². The van der Waals surface area contributed by atoms with Crippen LogP contribution in [0.2, 0.25) is 0 Å². The number of benzene rings is 1. The smallest absolute Gasteiger partial charge is 0.286 e. The summed E-state index contributed by atoms with van der Waals surface area (Å²) in [5, 5.41) is 2.89. The summed E-state index contributed by atoms with van der Waals surface area (Å²) in [7, 11) is 1.61. The Morgan fingerprint density at radius 1 is 1.15 bits per heavy atom. The number of carbonyl (C=O) groups excluding carboxylic acids is 1. The predicted octanol–water partition coefficient (Wildman–Crippen LogP) is 3.33. The van der Waals surface area contributed by atoms with Gasteiger partial charge in [-0.15, -0.1) is 0 Å². The summed E-state index contributed by atoms with van der Waals surface area (Å²) < 4.78 is 16.4. The molecule has 26 heavy (non-hydrogen) atoms. The molecule has 0 radical (unpaired) electrons. The zero-order valence-electron chi connectivity index (χ0n) is 15.8. The Morgan fingerprint density at radius 2 is 1.92 bits per heavy atom. The minimum atomic E-state index is -0.197. The first-order valence-corrected chi connectivity index (χ1v) is 9.02. The number of ether oxygens (including phenoxy) is 2. The number of carbonyl (C=O) groups is 1. The maximum absolute atomic E-state index is 12.1. The molecule has 0 fully saturated rings. The Morgan fingerprint density at radius 3 is 2.65 bits per heavy atom. The standard InChI is InChI=1S/C20H28N2O4/c1-4-22(5-2)13-7-12-21-20(23)19-11-10-18(26-19)15-25-17-9-6-8-16(14-17)24-3/h6,8-11,14H,4-5,7,12-13,15H2,1-3H3,(H,21,23). The second-order valence-electron chi connectivity index (χ2n) is 5.87. The SMILES string of the molecule is CCN(CC)CCCNC(=O)c1ccc(COc2cccc(OC)c2)o1. The fraction of sp³-hybridized carbons (Fsp3) is 0.450. The van der Waals surface area contributed by atoms with Gasteiger partial charge in [0.2, 0.25) is 0 Å². The molecule has 1 heterocycles. The Kier molecular flexibility index (Phi) is 8.02. The largest absolute Gasteiger partial charge is 0.497 e. The van der Waals surface area contributed by atoms with Crippen LogP contribution in [0.15, 0.2) is 40.8 Å². The van der Waals surface area contributed by atoms with Crippen LogP contribution in [0.25, 0.3) is 0 Å². The van der Waals surface area contributed by atoms with E-state index >= 15 is 0 Å². The molecule has 0 aliphatic rings. The lowest BCUT2D eigenvalue weighted by Gasteiger charge is -2.17. The summed E-state index contributed by atoms with van der Waals surface area (Å²) >= 11 is 0. The van der Waals surface area contributed by atoms with Gasteiger partial charge in [0.25, 0.3) is 5.91 Å². The molecule has 0 aliphatic heterocycles. The Balaban J connectivity index is 1.76. The van der Waals surface area contributed by atoms with E-state index in [2.05, 4.69) is 24.1 Å². The molecule has 2 rings (SSSR count). The van der Waals surface area contributed by atoms with Crippen molar-refractivity contribution in [2.75, 3.05) is 33.3 Å². The Hall–Kier alpha value is -2.47. The van der Waals surface area contributed by atoms with Gasteiger partial charge < -0.3 is 24.1 Å². The van der Waals surface area contributed by atoms with Gasteiger partial charge in [-0.1, -0.05) is 19.9 Å². The first kappa shape index (κ1) is 19.8. The van der Waals surface area contributed by atoms with Crippen molar-refractivity contribution in [1.82, 2.24) is 10.2 Å². The summed E-state index contributed by atoms with van der Waals surface area (Å²) in [4.78, 5) is 14.5. The van der Waals surface area contributed by atoms with Crippen molar-refractivity contribution in [3.63, 3.8) is 0 Å². The topological polar surface area (TPSA) is 63.9 Å². The summed E-state index contributed by atoms with van der Waals surface area (Å²) in [5.74, 6) is 2.12. The molecule has 1 aromatic carbocycles. The second kappa shape index (κ2) is 10.5. The number of rotatable bonds is 11. The highest BCUT2D eigenvalue weighted by atomic mass is 16.5. The molecule has 1 N–H and O–H groups in total. The van der Waals surface area contributed by atoms with E-state index < -0.39 is 0 Å². The third-order valence-corrected chi connectivity index (χ3v) is 4.14. The van der Waals surface area contributed by atoms with Gasteiger partial charge in [0, 0.05) is 12.6 Å². The van der Waals surface area contributed by atoms with Crippen LogP contribution in [0.4, 0.5) is 0 Å². The highest BCUT2D eigenvalue weighted by Crippen LogP contribution is 2.20. The van der Waals surface area contributed by atoms with Crippen molar-refractivity contribution < 1.29 is 18.7 Å². The number of nitrogens with one attached hydrogen (secondary N) is 1. The summed E-state index contributed by atoms with van der Waals surface area (Å²) in [6, 6.07) is 10.8. The quantitative estimate of drug-likeness (QED) is 0.623. The molecule has 6 nitrogen and oxygen atoms in total. The number of hydrogen-bond donors (Lipinski definition) is 1. The lowest BCUT2D eigenvalue weighted by molar-refractivity contribution is 0.0920. The Bertz CT molecular complexity index is 680. The molecule has 0 bridgehead atoms. The van der Waals surface area contributed by atoms with E-state index in [4.69, 9.17) is 13.9 Å². The predicted molar refractivity (Wildman–Crippen MR) is 101 cm³/mol. The van der Waals surface area contributed by atoms with E-state index in [0.717, 1.165) is 31.8 Å². The van der Waals surface area contributed by atoms with Crippen LogP contribution in [0, 0.1) is 0 Å². The first-order valence-electron chi connectivity index (χ1n) is 9.02. The van der Waals surface area contributed by atoms with E-state index in [9.17, 15) is 4.79 Å². The molecule has 0 atom stereocenters. The summed E-state index contributed by atoms with van der Waals surface area (Å²) in [6.07, 6.45) is 0.917. The lowest BCUT2D eigenvalue weighted by atomic mass is 10.3. The van der Waals surface area contributed by atoms with Gasteiger partial charge >= 0.3 is 0 Å². The van der Waals surface area contributed by atoms with E-state index in [1.165, 1.54) is 0 Å². The molecular weight excluding hydrogens is 332 g/mol. The molecule has 0 unspecified atom stereocenters. The molecule has 0 spiro atoms. The molecule has 142 valence electrons. The minimum Gasteiger partial charge on any atom is -0.497 e. The van der Waals surface area contributed by atoms with Crippen LogP contribution in [0.5, 0.6) is 11.5 Å². The van der Waals surface area contributed by atoms with Crippen LogP contribution >= 0.6 is 0 Å². The zero-order valence-corrected chi connectivity index (χ0v) is 15.8. The van der Waals surface area contributed by atoms with Crippen molar-refractivity contribution in [3.8, 4) is 11.5 Å². The fourth-order valence-corrected chi connectivity index (χ4v) is 2.55. The molecular formula is C20H28N2O4. The summed E-state index contributed by atoms with van der Waals surface area (Å²) in [6.45, 7) is 8.19. The third kappa shape index (κ3) is 6.11. The number of furan rings is 1. The molecule has 0 saturated heterocycles. The van der Waals surface area contributed by atoms with E-state index in [0.29, 0.717) is 23.8 Å². The average molecular weight is 360 g/mol. The van der Waals surface area contributed by atoms with E-state index in [1.54, 1.807) is 25.3 Å².